The Kier molecular flexibility index (Phi) is 5.79. The van der Waals surface area contributed by atoms with Gasteiger partial charge in [0.2, 0.25) is 5.91 Å². The molecule has 1 aliphatic rings. The molecule has 0 bridgehead atoms. The quantitative estimate of drug-likeness (QED) is 0.682. The van der Waals surface area contributed by atoms with Crippen molar-refractivity contribution in [3.8, 4) is 6.07 Å². The molecule has 4 nitrogen and oxygen atoms in total. The lowest BCUT2D eigenvalue weighted by Gasteiger charge is -2.25. The third-order valence-electron chi connectivity index (χ3n) is 3.05. The third kappa shape index (κ3) is 4.21. The summed E-state index contributed by atoms with van der Waals surface area (Å²) in [6.07, 6.45) is 3.20. The van der Waals surface area contributed by atoms with E-state index < -0.39 is 5.54 Å². The van der Waals surface area contributed by atoms with Gasteiger partial charge in [-0.2, -0.15) is 5.26 Å². The fourth-order valence-electron chi connectivity index (χ4n) is 1.77. The lowest BCUT2D eigenvalue weighted by atomic mass is 9.98. The van der Waals surface area contributed by atoms with E-state index in [1.165, 1.54) is 11.8 Å². The van der Waals surface area contributed by atoms with Crippen LogP contribution in [0.5, 0.6) is 0 Å². The highest BCUT2D eigenvalue weighted by Crippen LogP contribution is 2.40. The maximum atomic E-state index is 11.4. The Balaban J connectivity index is 2.28. The van der Waals surface area contributed by atoms with Crippen molar-refractivity contribution < 1.29 is 4.79 Å². The first-order chi connectivity index (χ1) is 8.18. The number of hydrogen-bond donors (Lipinski definition) is 2. The highest BCUT2D eigenvalue weighted by atomic mass is 32.2. The van der Waals surface area contributed by atoms with Gasteiger partial charge in [0.25, 0.3) is 0 Å². The molecule has 1 unspecified atom stereocenters. The molecule has 1 atom stereocenters. The number of rotatable bonds is 8. The second kappa shape index (κ2) is 6.87. The number of nitriles is 1. The van der Waals surface area contributed by atoms with Crippen molar-refractivity contribution in [3.63, 3.8) is 0 Å². The summed E-state index contributed by atoms with van der Waals surface area (Å²) >= 11 is 1.54. The van der Waals surface area contributed by atoms with Crippen molar-refractivity contribution in [1.29, 1.82) is 5.26 Å². The van der Waals surface area contributed by atoms with Crippen molar-refractivity contribution in [2.45, 2.75) is 31.7 Å². The highest BCUT2D eigenvalue weighted by Gasteiger charge is 2.44. The zero-order chi connectivity index (χ0) is 12.7. The first kappa shape index (κ1) is 14.3. The number of hydrogen-bond acceptors (Lipinski definition) is 4. The number of amides is 1. The van der Waals surface area contributed by atoms with Gasteiger partial charge in [-0.1, -0.05) is 6.92 Å². The number of nitrogens with one attached hydrogen (secondary N) is 2. The molecule has 2 N–H and O–H groups in total. The van der Waals surface area contributed by atoms with Crippen molar-refractivity contribution >= 4 is 17.7 Å². The monoisotopic (exact) mass is 255 g/mol. The number of carbonyl (C=O) groups excluding carboxylic acids is 1. The Hall–Kier alpha value is -0.730. The maximum absolute atomic E-state index is 11.4. The molecule has 1 fully saturated rings. The summed E-state index contributed by atoms with van der Waals surface area (Å²) in [5, 5.41) is 15.2. The maximum Gasteiger partial charge on any atom is 0.229 e. The van der Waals surface area contributed by atoms with Gasteiger partial charge in [0.15, 0.2) is 0 Å². The molecular formula is C12H21N3OS. The normalized spacial score (nSPS) is 18.2. The predicted molar refractivity (Wildman–Crippen MR) is 70.8 cm³/mol. The molecule has 0 spiro atoms. The summed E-state index contributed by atoms with van der Waals surface area (Å²) in [5.74, 6) is 1.65. The van der Waals surface area contributed by atoms with Gasteiger partial charge in [-0.05, 0) is 32.2 Å². The smallest absolute Gasteiger partial charge is 0.229 e. The summed E-state index contributed by atoms with van der Waals surface area (Å²) in [4.78, 5) is 11.4. The van der Waals surface area contributed by atoms with Crippen LogP contribution in [0.25, 0.3) is 0 Å². The largest absolute Gasteiger partial charge is 0.355 e. The van der Waals surface area contributed by atoms with E-state index in [9.17, 15) is 10.1 Å². The van der Waals surface area contributed by atoms with E-state index in [4.69, 9.17) is 0 Å². The van der Waals surface area contributed by atoms with Gasteiger partial charge >= 0.3 is 0 Å². The van der Waals surface area contributed by atoms with Crippen LogP contribution in [-0.4, -0.2) is 36.5 Å². The van der Waals surface area contributed by atoms with Crippen LogP contribution < -0.4 is 10.6 Å². The summed E-state index contributed by atoms with van der Waals surface area (Å²) in [6.45, 7) is 2.76. The minimum absolute atomic E-state index is 0.0654. The first-order valence-corrected chi connectivity index (χ1v) is 7.28. The van der Waals surface area contributed by atoms with Gasteiger partial charge in [0.1, 0.15) is 5.54 Å². The molecule has 0 aliphatic heterocycles. The van der Waals surface area contributed by atoms with Gasteiger partial charge in [0.05, 0.1) is 11.8 Å². The Morgan fingerprint density at radius 2 is 2.29 bits per heavy atom. The van der Waals surface area contributed by atoms with Crippen LogP contribution in [0.3, 0.4) is 0 Å². The van der Waals surface area contributed by atoms with Crippen LogP contribution in [0, 0.1) is 17.2 Å². The van der Waals surface area contributed by atoms with Crippen LogP contribution in [0.15, 0.2) is 0 Å². The van der Waals surface area contributed by atoms with E-state index in [0.717, 1.165) is 25.8 Å². The van der Waals surface area contributed by atoms with E-state index in [2.05, 4.69) is 16.7 Å². The second-order valence-electron chi connectivity index (χ2n) is 4.45. The van der Waals surface area contributed by atoms with Crippen LogP contribution in [0.2, 0.25) is 0 Å². The van der Waals surface area contributed by atoms with Gasteiger partial charge in [0, 0.05) is 12.3 Å². The Morgan fingerprint density at radius 3 is 2.76 bits per heavy atom. The Labute approximate surface area is 108 Å². The van der Waals surface area contributed by atoms with Crippen molar-refractivity contribution in [2.24, 2.45) is 5.92 Å². The molecule has 0 aromatic heterocycles. The molecule has 96 valence electrons. The molecule has 17 heavy (non-hydrogen) atoms. The Morgan fingerprint density at radius 1 is 1.59 bits per heavy atom. The fourth-order valence-corrected chi connectivity index (χ4v) is 2.93. The fraction of sp³-hybridized carbons (Fsp3) is 0.833. The summed E-state index contributed by atoms with van der Waals surface area (Å²) < 4.78 is 0. The van der Waals surface area contributed by atoms with E-state index in [-0.39, 0.29) is 5.91 Å². The molecule has 0 radical (unpaired) electrons. The molecule has 1 rings (SSSR count). The lowest BCUT2D eigenvalue weighted by Crippen LogP contribution is -2.46. The third-order valence-corrected chi connectivity index (χ3v) is 4.18. The van der Waals surface area contributed by atoms with E-state index in [1.807, 2.05) is 14.0 Å². The number of thioether (sulfide) groups is 1. The molecule has 1 amide bonds. The van der Waals surface area contributed by atoms with Gasteiger partial charge < -0.3 is 10.6 Å². The molecule has 0 heterocycles. The van der Waals surface area contributed by atoms with Crippen LogP contribution in [0.1, 0.15) is 26.2 Å². The average molecular weight is 255 g/mol. The Bertz CT molecular complexity index is 299. The summed E-state index contributed by atoms with van der Waals surface area (Å²) in [7, 11) is 1.83. The predicted octanol–water partition coefficient (Wildman–Crippen LogP) is 1.14. The first-order valence-electron chi connectivity index (χ1n) is 6.13. The second-order valence-corrected chi connectivity index (χ2v) is 5.44. The van der Waals surface area contributed by atoms with E-state index >= 15 is 0 Å². The van der Waals surface area contributed by atoms with Crippen LogP contribution in [-0.2, 0) is 4.79 Å². The van der Waals surface area contributed by atoms with Crippen LogP contribution in [0.4, 0.5) is 0 Å². The highest BCUT2D eigenvalue weighted by molar-refractivity contribution is 8.00. The van der Waals surface area contributed by atoms with Gasteiger partial charge in [-0.3, -0.25) is 4.79 Å². The molecule has 1 aliphatic carbocycles. The van der Waals surface area contributed by atoms with Crippen LogP contribution >= 0.6 is 11.8 Å². The molecule has 1 saturated carbocycles. The summed E-state index contributed by atoms with van der Waals surface area (Å²) in [6, 6.07) is 2.38. The number of nitrogens with zero attached hydrogens (tertiary/aromatic N) is 1. The van der Waals surface area contributed by atoms with E-state index in [0.29, 0.717) is 17.4 Å². The SMILES string of the molecule is CCCNC(=O)CSCC(C#N)(NC)C1CC1. The standard InChI is InChI=1S/C12H21N3OS/c1-3-6-15-11(16)7-17-9-12(8-13,14-2)10-4-5-10/h10,14H,3-7,9H2,1-2H3,(H,15,16). The molecule has 0 aromatic carbocycles. The average Bonchev–Trinajstić information content (AvgIpc) is 3.17. The molecule has 0 saturated heterocycles. The molecule has 0 aromatic rings. The van der Waals surface area contributed by atoms with Gasteiger partial charge in [-0.15, -0.1) is 11.8 Å². The zero-order valence-corrected chi connectivity index (χ0v) is 11.4. The minimum atomic E-state index is -0.435. The van der Waals surface area contributed by atoms with E-state index in [1.54, 1.807) is 0 Å². The number of carbonyl (C=O) groups is 1. The minimum Gasteiger partial charge on any atom is -0.355 e. The zero-order valence-electron chi connectivity index (χ0n) is 10.6. The molecule has 5 heteroatoms. The van der Waals surface area contributed by atoms with Gasteiger partial charge in [-0.25, -0.2) is 0 Å². The van der Waals surface area contributed by atoms with Crippen molar-refractivity contribution in [2.75, 3.05) is 25.1 Å². The van der Waals surface area contributed by atoms with Crippen molar-refractivity contribution in [1.82, 2.24) is 10.6 Å². The summed E-state index contributed by atoms with van der Waals surface area (Å²) in [5.41, 5.74) is -0.435. The van der Waals surface area contributed by atoms with Crippen molar-refractivity contribution in [3.05, 3.63) is 0 Å². The molecular weight excluding hydrogens is 234 g/mol. The lowest BCUT2D eigenvalue weighted by molar-refractivity contribution is -0.118. The topological polar surface area (TPSA) is 64.9 Å².